The summed E-state index contributed by atoms with van der Waals surface area (Å²) in [4.78, 5) is 12.6. The van der Waals surface area contributed by atoms with Crippen molar-refractivity contribution in [2.75, 3.05) is 6.61 Å². The third-order valence-corrected chi connectivity index (χ3v) is 5.00. The van der Waals surface area contributed by atoms with Crippen LogP contribution in [0.4, 0.5) is 13.2 Å². The monoisotopic (exact) mass is 420 g/mol. The fourth-order valence-corrected chi connectivity index (χ4v) is 3.52. The first-order valence-corrected chi connectivity index (χ1v) is 9.40. The average Bonchev–Trinajstić information content (AvgIpc) is 3.00. The molecule has 0 unspecified atom stereocenters. The number of aryl methyl sites for hydroxylation is 4. The van der Waals surface area contributed by atoms with Crippen molar-refractivity contribution >= 4 is 11.6 Å². The number of hydrazone groups is 1. The lowest BCUT2D eigenvalue weighted by molar-refractivity contribution is -0.302. The largest absolute Gasteiger partial charge is 0.483 e. The van der Waals surface area contributed by atoms with Gasteiger partial charge in [-0.3, -0.25) is 4.79 Å². The summed E-state index contributed by atoms with van der Waals surface area (Å²) in [6.45, 7) is 6.64. The summed E-state index contributed by atoms with van der Waals surface area (Å²) in [5.41, 5.74) is 0.407. The number of aliphatic hydroxyl groups is 1. The van der Waals surface area contributed by atoms with Crippen LogP contribution in [0.1, 0.15) is 34.2 Å². The number of nitrogens with zero attached hydrogens (tertiary/aromatic N) is 2. The van der Waals surface area contributed by atoms with Crippen LogP contribution in [-0.4, -0.2) is 40.2 Å². The Morgan fingerprint density at radius 3 is 2.20 bits per heavy atom. The number of carbonyl (C=O) groups is 1. The average molecular weight is 420 g/mol. The molecule has 0 saturated carbocycles. The summed E-state index contributed by atoms with van der Waals surface area (Å²) in [6, 6.07) is 10.4. The zero-order chi connectivity index (χ0) is 22.3. The van der Waals surface area contributed by atoms with Gasteiger partial charge in [-0.05, 0) is 44.4 Å². The van der Waals surface area contributed by atoms with Crippen molar-refractivity contribution in [2.45, 2.75) is 46.0 Å². The second-order valence-electron chi connectivity index (χ2n) is 7.63. The highest BCUT2D eigenvalue weighted by Gasteiger charge is 2.63. The number of hydrogen-bond donors (Lipinski definition) is 1. The highest BCUT2D eigenvalue weighted by molar-refractivity contribution is 6.03. The summed E-state index contributed by atoms with van der Waals surface area (Å²) in [5, 5.41) is 14.3. The van der Waals surface area contributed by atoms with Crippen molar-refractivity contribution in [1.29, 1.82) is 0 Å². The van der Waals surface area contributed by atoms with Gasteiger partial charge >= 0.3 is 6.18 Å². The Morgan fingerprint density at radius 2 is 1.67 bits per heavy atom. The molecule has 1 heterocycles. The highest BCUT2D eigenvalue weighted by Crippen LogP contribution is 2.41. The van der Waals surface area contributed by atoms with Gasteiger partial charge in [-0.1, -0.05) is 47.5 Å². The number of hydrogen-bond acceptors (Lipinski definition) is 4. The normalized spacial score (nSPS) is 19.1. The molecule has 160 valence electrons. The SMILES string of the molecule is Cc1ccc(C2=NN(C(=O)COc3c(C)cc(C)cc3C)[C@@](O)(C(F)(F)F)C2)cc1. The molecule has 2 aromatic carbocycles. The summed E-state index contributed by atoms with van der Waals surface area (Å²) in [7, 11) is 0. The van der Waals surface area contributed by atoms with Crippen molar-refractivity contribution in [2.24, 2.45) is 5.10 Å². The van der Waals surface area contributed by atoms with E-state index in [1.807, 2.05) is 26.0 Å². The van der Waals surface area contributed by atoms with Crippen LogP contribution in [0, 0.1) is 27.7 Å². The summed E-state index contributed by atoms with van der Waals surface area (Å²) >= 11 is 0. The highest BCUT2D eigenvalue weighted by atomic mass is 19.4. The Kier molecular flexibility index (Phi) is 5.64. The van der Waals surface area contributed by atoms with Crippen LogP contribution in [0.25, 0.3) is 0 Å². The maximum atomic E-state index is 13.7. The molecule has 8 heteroatoms. The van der Waals surface area contributed by atoms with Gasteiger partial charge in [0.2, 0.25) is 0 Å². The van der Waals surface area contributed by atoms with Crippen LogP contribution >= 0.6 is 0 Å². The smallest absolute Gasteiger partial charge is 0.438 e. The van der Waals surface area contributed by atoms with E-state index >= 15 is 0 Å². The van der Waals surface area contributed by atoms with E-state index in [1.165, 1.54) is 0 Å². The number of amides is 1. The number of halogens is 3. The Labute approximate surface area is 172 Å². The first-order valence-electron chi connectivity index (χ1n) is 9.40. The molecule has 1 atom stereocenters. The molecule has 1 aliphatic rings. The topological polar surface area (TPSA) is 62.1 Å². The molecule has 0 bridgehead atoms. The van der Waals surface area contributed by atoms with E-state index in [1.54, 1.807) is 38.1 Å². The Hall–Kier alpha value is -2.87. The molecule has 1 N–H and O–H groups in total. The van der Waals surface area contributed by atoms with Crippen molar-refractivity contribution in [3.8, 4) is 5.75 Å². The first kappa shape index (κ1) is 21.8. The standard InChI is InChI=1S/C22H23F3N2O3/c1-13-5-7-17(8-6-13)18-11-21(29,22(23,24)25)27(26-18)19(28)12-30-20-15(3)9-14(2)10-16(20)4/h5-10,29H,11-12H2,1-4H3/t21-/m0/s1. The summed E-state index contributed by atoms with van der Waals surface area (Å²) in [5.74, 6) is -0.664. The molecule has 1 amide bonds. The van der Waals surface area contributed by atoms with Crippen molar-refractivity contribution in [3.05, 3.63) is 64.2 Å². The molecule has 0 radical (unpaired) electrons. The molecule has 0 aromatic heterocycles. The molecular weight excluding hydrogens is 397 g/mol. The molecule has 0 saturated heterocycles. The Bertz CT molecular complexity index is 977. The minimum absolute atomic E-state index is 0.0223. The molecule has 30 heavy (non-hydrogen) atoms. The van der Waals surface area contributed by atoms with Gasteiger partial charge in [0.15, 0.2) is 6.61 Å². The predicted octanol–water partition coefficient (Wildman–Crippen LogP) is 4.19. The van der Waals surface area contributed by atoms with Crippen LogP contribution in [0.3, 0.4) is 0 Å². The van der Waals surface area contributed by atoms with Gasteiger partial charge < -0.3 is 9.84 Å². The third kappa shape index (κ3) is 4.05. The molecule has 1 aliphatic heterocycles. The molecule has 0 spiro atoms. The van der Waals surface area contributed by atoms with Crippen LogP contribution in [0.5, 0.6) is 5.75 Å². The lowest BCUT2D eigenvalue weighted by Gasteiger charge is -2.32. The van der Waals surface area contributed by atoms with Gasteiger partial charge in [-0.25, -0.2) is 0 Å². The second-order valence-corrected chi connectivity index (χ2v) is 7.63. The Balaban J connectivity index is 1.88. The first-order chi connectivity index (χ1) is 13.9. The fourth-order valence-electron chi connectivity index (χ4n) is 3.52. The zero-order valence-electron chi connectivity index (χ0n) is 17.2. The lowest BCUT2D eigenvalue weighted by Crippen LogP contribution is -2.57. The minimum atomic E-state index is -5.09. The quantitative estimate of drug-likeness (QED) is 0.807. The van der Waals surface area contributed by atoms with E-state index in [-0.39, 0.29) is 10.7 Å². The second kappa shape index (κ2) is 7.75. The van der Waals surface area contributed by atoms with E-state index in [9.17, 15) is 23.1 Å². The molecular formula is C22H23F3N2O3. The lowest BCUT2D eigenvalue weighted by atomic mass is 10.00. The van der Waals surface area contributed by atoms with Gasteiger partial charge in [0.25, 0.3) is 11.6 Å². The van der Waals surface area contributed by atoms with E-state index in [4.69, 9.17) is 4.74 Å². The molecule has 5 nitrogen and oxygen atoms in total. The maximum Gasteiger partial charge on any atom is 0.438 e. The van der Waals surface area contributed by atoms with E-state index in [0.717, 1.165) is 22.3 Å². The number of ether oxygens (including phenoxy) is 1. The zero-order valence-corrected chi connectivity index (χ0v) is 17.2. The van der Waals surface area contributed by atoms with Crippen LogP contribution in [0.15, 0.2) is 41.5 Å². The predicted molar refractivity (Wildman–Crippen MR) is 106 cm³/mol. The van der Waals surface area contributed by atoms with Gasteiger partial charge in [0.1, 0.15) is 5.75 Å². The van der Waals surface area contributed by atoms with E-state index < -0.39 is 30.8 Å². The van der Waals surface area contributed by atoms with E-state index in [2.05, 4.69) is 5.10 Å². The van der Waals surface area contributed by atoms with E-state index in [0.29, 0.717) is 11.3 Å². The number of rotatable bonds is 4. The molecule has 0 fully saturated rings. The third-order valence-electron chi connectivity index (χ3n) is 5.00. The number of alkyl halides is 3. The Morgan fingerprint density at radius 1 is 1.10 bits per heavy atom. The molecule has 3 rings (SSSR count). The summed E-state index contributed by atoms with van der Waals surface area (Å²) < 4.78 is 46.6. The summed E-state index contributed by atoms with van der Waals surface area (Å²) in [6.07, 6.45) is -5.94. The van der Waals surface area contributed by atoms with Crippen LogP contribution in [-0.2, 0) is 4.79 Å². The maximum absolute atomic E-state index is 13.7. The van der Waals surface area contributed by atoms with Gasteiger partial charge in [-0.15, -0.1) is 0 Å². The van der Waals surface area contributed by atoms with Crippen LogP contribution in [0.2, 0.25) is 0 Å². The molecule has 0 aliphatic carbocycles. The van der Waals surface area contributed by atoms with Crippen molar-refractivity contribution in [1.82, 2.24) is 5.01 Å². The van der Waals surface area contributed by atoms with Crippen molar-refractivity contribution in [3.63, 3.8) is 0 Å². The van der Waals surface area contributed by atoms with Gasteiger partial charge in [0, 0.05) is 0 Å². The van der Waals surface area contributed by atoms with Gasteiger partial charge in [0.05, 0.1) is 12.1 Å². The molecule has 2 aromatic rings. The fraction of sp³-hybridized carbons (Fsp3) is 0.364. The number of carbonyl (C=O) groups excluding carboxylic acids is 1. The number of benzene rings is 2. The van der Waals surface area contributed by atoms with Crippen LogP contribution < -0.4 is 4.74 Å². The van der Waals surface area contributed by atoms with Gasteiger partial charge in [-0.2, -0.15) is 23.3 Å². The minimum Gasteiger partial charge on any atom is -0.483 e. The van der Waals surface area contributed by atoms with Crippen molar-refractivity contribution < 1.29 is 27.8 Å².